The number of ether oxygens (including phenoxy) is 2. The Morgan fingerprint density at radius 3 is 2.46 bits per heavy atom. The highest BCUT2D eigenvalue weighted by atomic mass is 16.6. The van der Waals surface area contributed by atoms with Gasteiger partial charge in [-0.15, -0.1) is 0 Å². The van der Waals surface area contributed by atoms with E-state index in [1.165, 1.54) is 0 Å². The highest BCUT2D eigenvalue weighted by Crippen LogP contribution is 2.30. The van der Waals surface area contributed by atoms with Crippen LogP contribution in [0.4, 0.5) is 0 Å². The molecule has 6 heteroatoms. The number of fused-ring (bicyclic) bond motifs is 1. The zero-order chi connectivity index (χ0) is 16.8. The van der Waals surface area contributed by atoms with Gasteiger partial charge in [0.1, 0.15) is 12.7 Å². The standard InChI is InChI=1S/C18H18N2O4/c21-17(11-20-18(22)13-6-2-1-3-7-13)19-10-14-12-23-15-8-4-5-9-16(15)24-14/h1-9,14H,10-12H2,(H,19,21)(H,20,22)/t14-/m0/s1. The highest BCUT2D eigenvalue weighted by molar-refractivity contribution is 5.96. The number of para-hydroxylation sites is 2. The van der Waals surface area contributed by atoms with Crippen molar-refractivity contribution in [3.05, 3.63) is 60.2 Å². The third kappa shape index (κ3) is 4.04. The van der Waals surface area contributed by atoms with Crippen LogP contribution < -0.4 is 20.1 Å². The molecular formula is C18H18N2O4. The number of carbonyl (C=O) groups excluding carboxylic acids is 2. The highest BCUT2D eigenvalue weighted by Gasteiger charge is 2.21. The lowest BCUT2D eigenvalue weighted by Gasteiger charge is -2.26. The van der Waals surface area contributed by atoms with Crippen LogP contribution in [-0.4, -0.2) is 37.6 Å². The molecule has 24 heavy (non-hydrogen) atoms. The molecule has 6 nitrogen and oxygen atoms in total. The van der Waals surface area contributed by atoms with Gasteiger partial charge in [0.2, 0.25) is 5.91 Å². The number of nitrogens with one attached hydrogen (secondary N) is 2. The molecule has 0 aliphatic carbocycles. The van der Waals surface area contributed by atoms with Crippen LogP contribution in [0.2, 0.25) is 0 Å². The Bertz CT molecular complexity index is 718. The van der Waals surface area contributed by atoms with Crippen LogP contribution in [0, 0.1) is 0 Å². The van der Waals surface area contributed by atoms with Crippen molar-refractivity contribution in [3.8, 4) is 11.5 Å². The second-order valence-corrected chi connectivity index (χ2v) is 5.35. The van der Waals surface area contributed by atoms with E-state index in [1.54, 1.807) is 24.3 Å². The molecule has 0 spiro atoms. The van der Waals surface area contributed by atoms with E-state index >= 15 is 0 Å². The van der Waals surface area contributed by atoms with Gasteiger partial charge in [-0.2, -0.15) is 0 Å². The number of carbonyl (C=O) groups is 2. The molecule has 2 aromatic carbocycles. The van der Waals surface area contributed by atoms with Crippen LogP contribution in [0.3, 0.4) is 0 Å². The molecule has 0 fully saturated rings. The summed E-state index contributed by atoms with van der Waals surface area (Å²) in [6.07, 6.45) is -0.256. The van der Waals surface area contributed by atoms with E-state index in [0.29, 0.717) is 30.2 Å². The maximum absolute atomic E-state index is 11.9. The Morgan fingerprint density at radius 2 is 1.67 bits per heavy atom. The monoisotopic (exact) mass is 326 g/mol. The first-order valence-corrected chi connectivity index (χ1v) is 7.71. The number of benzene rings is 2. The normalized spacial score (nSPS) is 15.4. The molecule has 0 saturated carbocycles. The zero-order valence-electron chi connectivity index (χ0n) is 13.0. The Kier molecular flexibility index (Phi) is 4.96. The molecule has 1 heterocycles. The molecular weight excluding hydrogens is 308 g/mol. The van der Waals surface area contributed by atoms with Crippen LogP contribution in [-0.2, 0) is 4.79 Å². The molecule has 124 valence electrons. The Morgan fingerprint density at radius 1 is 0.958 bits per heavy atom. The van der Waals surface area contributed by atoms with Crippen molar-refractivity contribution >= 4 is 11.8 Å². The molecule has 2 N–H and O–H groups in total. The van der Waals surface area contributed by atoms with Crippen LogP contribution >= 0.6 is 0 Å². The Labute approximate surface area is 139 Å². The maximum Gasteiger partial charge on any atom is 0.251 e. The maximum atomic E-state index is 11.9. The van der Waals surface area contributed by atoms with Gasteiger partial charge in [0.05, 0.1) is 13.1 Å². The van der Waals surface area contributed by atoms with E-state index in [4.69, 9.17) is 9.47 Å². The fourth-order valence-corrected chi connectivity index (χ4v) is 2.31. The summed E-state index contributed by atoms with van der Waals surface area (Å²) in [7, 11) is 0. The van der Waals surface area contributed by atoms with Crippen LogP contribution in [0.1, 0.15) is 10.4 Å². The molecule has 0 radical (unpaired) electrons. The summed E-state index contributed by atoms with van der Waals surface area (Å²) in [6.45, 7) is 0.597. The molecule has 0 unspecified atom stereocenters. The third-order valence-electron chi connectivity index (χ3n) is 3.54. The first-order chi connectivity index (χ1) is 11.7. The SMILES string of the molecule is O=C(CNC(=O)c1ccccc1)NC[C@H]1COc2ccccc2O1. The number of hydrogen-bond acceptors (Lipinski definition) is 4. The van der Waals surface area contributed by atoms with Gasteiger partial charge in [0.15, 0.2) is 11.5 Å². The van der Waals surface area contributed by atoms with Gasteiger partial charge in [-0.3, -0.25) is 9.59 Å². The Hall–Kier alpha value is -3.02. The smallest absolute Gasteiger partial charge is 0.251 e. The van der Waals surface area contributed by atoms with E-state index < -0.39 is 0 Å². The van der Waals surface area contributed by atoms with Gasteiger partial charge in [-0.25, -0.2) is 0 Å². The van der Waals surface area contributed by atoms with Crippen molar-refractivity contribution < 1.29 is 19.1 Å². The summed E-state index contributed by atoms with van der Waals surface area (Å²) in [4.78, 5) is 23.7. The molecule has 1 atom stereocenters. The molecule has 2 amide bonds. The minimum absolute atomic E-state index is 0.0854. The van der Waals surface area contributed by atoms with E-state index in [-0.39, 0.29) is 24.5 Å². The van der Waals surface area contributed by atoms with Gasteiger partial charge in [-0.05, 0) is 24.3 Å². The van der Waals surface area contributed by atoms with E-state index in [0.717, 1.165) is 0 Å². The quantitative estimate of drug-likeness (QED) is 0.870. The average molecular weight is 326 g/mol. The van der Waals surface area contributed by atoms with Gasteiger partial charge >= 0.3 is 0 Å². The summed E-state index contributed by atoms with van der Waals surface area (Å²) in [5.41, 5.74) is 0.519. The van der Waals surface area contributed by atoms with E-state index in [9.17, 15) is 9.59 Å². The van der Waals surface area contributed by atoms with Gasteiger partial charge in [0.25, 0.3) is 5.91 Å². The summed E-state index contributed by atoms with van der Waals surface area (Å²) in [5.74, 6) is 0.814. The fraction of sp³-hybridized carbons (Fsp3) is 0.222. The molecule has 0 aromatic heterocycles. The third-order valence-corrected chi connectivity index (χ3v) is 3.54. The molecule has 1 aliphatic heterocycles. The molecule has 3 rings (SSSR count). The van der Waals surface area contributed by atoms with Crippen molar-refractivity contribution in [3.63, 3.8) is 0 Å². The van der Waals surface area contributed by atoms with Crippen molar-refractivity contribution in [2.75, 3.05) is 19.7 Å². The second kappa shape index (κ2) is 7.50. The lowest BCUT2D eigenvalue weighted by Crippen LogP contribution is -2.44. The Balaban J connectivity index is 1.41. The van der Waals surface area contributed by atoms with Crippen LogP contribution in [0.15, 0.2) is 54.6 Å². The van der Waals surface area contributed by atoms with Gasteiger partial charge in [-0.1, -0.05) is 30.3 Å². The number of rotatable bonds is 5. The van der Waals surface area contributed by atoms with Crippen molar-refractivity contribution in [1.82, 2.24) is 10.6 Å². The first-order valence-electron chi connectivity index (χ1n) is 7.71. The predicted octanol–water partition coefficient (Wildman–Crippen LogP) is 1.37. The predicted molar refractivity (Wildman–Crippen MR) is 88.1 cm³/mol. The largest absolute Gasteiger partial charge is 0.486 e. The minimum atomic E-state index is -0.281. The van der Waals surface area contributed by atoms with Crippen molar-refractivity contribution in [1.29, 1.82) is 0 Å². The summed E-state index contributed by atoms with van der Waals surface area (Å²) >= 11 is 0. The lowest BCUT2D eigenvalue weighted by molar-refractivity contribution is -0.120. The minimum Gasteiger partial charge on any atom is -0.486 e. The van der Waals surface area contributed by atoms with Crippen molar-refractivity contribution in [2.24, 2.45) is 0 Å². The van der Waals surface area contributed by atoms with Gasteiger partial charge < -0.3 is 20.1 Å². The van der Waals surface area contributed by atoms with Crippen molar-refractivity contribution in [2.45, 2.75) is 6.10 Å². The molecule has 1 aliphatic rings. The number of hydrogen-bond donors (Lipinski definition) is 2. The molecule has 2 aromatic rings. The lowest BCUT2D eigenvalue weighted by atomic mass is 10.2. The van der Waals surface area contributed by atoms with Crippen LogP contribution in [0.5, 0.6) is 11.5 Å². The average Bonchev–Trinajstić information content (AvgIpc) is 2.65. The zero-order valence-corrected chi connectivity index (χ0v) is 13.0. The summed E-state index contributed by atoms with van der Waals surface area (Å²) in [6, 6.07) is 16.2. The first kappa shape index (κ1) is 15.9. The summed E-state index contributed by atoms with van der Waals surface area (Å²) in [5, 5.41) is 5.31. The topological polar surface area (TPSA) is 76.7 Å². The molecule has 0 bridgehead atoms. The fourth-order valence-electron chi connectivity index (χ4n) is 2.31. The summed E-state index contributed by atoms with van der Waals surface area (Å²) < 4.78 is 11.3. The van der Waals surface area contributed by atoms with Crippen LogP contribution in [0.25, 0.3) is 0 Å². The second-order valence-electron chi connectivity index (χ2n) is 5.35. The van der Waals surface area contributed by atoms with E-state index in [1.807, 2.05) is 30.3 Å². The van der Waals surface area contributed by atoms with E-state index in [2.05, 4.69) is 10.6 Å². The number of amides is 2. The molecule has 0 saturated heterocycles. The van der Waals surface area contributed by atoms with Gasteiger partial charge in [0, 0.05) is 5.56 Å².